The average molecular weight is 267 g/mol. The number of hydrogen-bond donors (Lipinski definition) is 2. The molecule has 0 unspecified atom stereocenters. The highest BCUT2D eigenvalue weighted by Crippen LogP contribution is 2.15. The van der Waals surface area contributed by atoms with Crippen molar-refractivity contribution in [3.05, 3.63) is 29.3 Å². The quantitative estimate of drug-likeness (QED) is 0.812. The van der Waals surface area contributed by atoms with Crippen molar-refractivity contribution in [2.24, 2.45) is 0 Å². The highest BCUT2D eigenvalue weighted by Gasteiger charge is 2.07. The van der Waals surface area contributed by atoms with Crippen LogP contribution >= 0.6 is 0 Å². The predicted octanol–water partition coefficient (Wildman–Crippen LogP) is 1.49. The summed E-state index contributed by atoms with van der Waals surface area (Å²) < 4.78 is 25.3. The highest BCUT2D eigenvalue weighted by atomic mass is 32.2. The Balaban J connectivity index is 2.90. The molecule has 0 fully saturated rings. The summed E-state index contributed by atoms with van der Waals surface area (Å²) in [4.78, 5) is 0. The molecular weight excluding hydrogens is 250 g/mol. The lowest BCUT2D eigenvalue weighted by Gasteiger charge is -2.07. The van der Waals surface area contributed by atoms with Crippen molar-refractivity contribution in [2.75, 3.05) is 17.1 Å². The minimum absolute atomic E-state index is 0.0421. The molecule has 1 rings (SSSR count). The molecule has 2 N–H and O–H groups in total. The van der Waals surface area contributed by atoms with Gasteiger partial charge in [0.15, 0.2) is 0 Å². The van der Waals surface area contributed by atoms with Crippen molar-refractivity contribution in [3.8, 4) is 11.8 Å². The molecule has 0 atom stereocenters. The molecule has 0 saturated heterocycles. The third-order valence-corrected chi connectivity index (χ3v) is 3.65. The van der Waals surface area contributed by atoms with Crippen LogP contribution in [0.15, 0.2) is 18.2 Å². The van der Waals surface area contributed by atoms with Gasteiger partial charge in [-0.05, 0) is 37.6 Å². The number of sulfonamides is 1. The summed E-state index contributed by atoms with van der Waals surface area (Å²) in [6, 6.07) is 5.20. The Morgan fingerprint density at radius 2 is 2.11 bits per heavy atom. The number of aryl methyl sites for hydroxylation is 1. The molecule has 4 nitrogen and oxygen atoms in total. The first-order valence-electron chi connectivity index (χ1n) is 5.69. The van der Waals surface area contributed by atoms with E-state index < -0.39 is 10.0 Å². The molecule has 18 heavy (non-hydrogen) atoms. The van der Waals surface area contributed by atoms with Gasteiger partial charge in [0.1, 0.15) is 0 Å². The maximum Gasteiger partial charge on any atom is 0.232 e. The SMILES string of the molecule is CCS(=O)(=O)Nc1ccc(C#CCCO)c(C)c1. The minimum atomic E-state index is -3.24. The van der Waals surface area contributed by atoms with E-state index in [1.807, 2.05) is 6.92 Å². The first-order chi connectivity index (χ1) is 8.48. The second kappa shape index (κ2) is 6.43. The fraction of sp³-hybridized carbons (Fsp3) is 0.385. The number of nitrogens with one attached hydrogen (secondary N) is 1. The molecule has 98 valence electrons. The molecule has 0 bridgehead atoms. The van der Waals surface area contributed by atoms with E-state index >= 15 is 0 Å². The Hall–Kier alpha value is -1.51. The van der Waals surface area contributed by atoms with Crippen LogP contribution in [0.3, 0.4) is 0 Å². The molecule has 0 amide bonds. The molecule has 0 aromatic heterocycles. The topological polar surface area (TPSA) is 66.4 Å². The summed E-state index contributed by atoms with van der Waals surface area (Å²) >= 11 is 0. The largest absolute Gasteiger partial charge is 0.395 e. The van der Waals surface area contributed by atoms with E-state index in [1.165, 1.54) is 0 Å². The van der Waals surface area contributed by atoms with Crippen LogP contribution in [0.1, 0.15) is 24.5 Å². The second-order valence-corrected chi connectivity index (χ2v) is 5.82. The Morgan fingerprint density at radius 1 is 1.39 bits per heavy atom. The molecule has 0 saturated carbocycles. The van der Waals surface area contributed by atoms with E-state index in [9.17, 15) is 8.42 Å². The van der Waals surface area contributed by atoms with Gasteiger partial charge in [-0.15, -0.1) is 0 Å². The normalized spacial score (nSPS) is 10.6. The Bertz CT molecular complexity index is 568. The van der Waals surface area contributed by atoms with E-state index in [1.54, 1.807) is 25.1 Å². The summed E-state index contributed by atoms with van der Waals surface area (Å²) in [5, 5.41) is 8.63. The molecular formula is C13H17NO3S. The van der Waals surface area contributed by atoms with Crippen molar-refractivity contribution in [2.45, 2.75) is 20.3 Å². The van der Waals surface area contributed by atoms with Crippen LogP contribution in [0, 0.1) is 18.8 Å². The Kier molecular flexibility index (Phi) is 5.20. The lowest BCUT2D eigenvalue weighted by molar-refractivity contribution is 0.305. The van der Waals surface area contributed by atoms with E-state index in [0.29, 0.717) is 12.1 Å². The number of hydrogen-bond acceptors (Lipinski definition) is 3. The molecule has 0 heterocycles. The van der Waals surface area contributed by atoms with Gasteiger partial charge >= 0.3 is 0 Å². The first kappa shape index (κ1) is 14.6. The van der Waals surface area contributed by atoms with Gasteiger partial charge in [-0.3, -0.25) is 4.72 Å². The maximum absolute atomic E-state index is 11.4. The van der Waals surface area contributed by atoms with Gasteiger partial charge in [0, 0.05) is 17.7 Å². The summed E-state index contributed by atoms with van der Waals surface area (Å²) in [5.74, 6) is 5.81. The van der Waals surface area contributed by atoms with Crippen LogP contribution in [0.5, 0.6) is 0 Å². The van der Waals surface area contributed by atoms with E-state index in [0.717, 1.165) is 11.1 Å². The predicted molar refractivity (Wildman–Crippen MR) is 72.8 cm³/mol. The number of anilines is 1. The lowest BCUT2D eigenvalue weighted by Crippen LogP contribution is -2.14. The van der Waals surface area contributed by atoms with Crippen LogP contribution in [-0.4, -0.2) is 25.9 Å². The number of rotatable bonds is 4. The van der Waals surface area contributed by atoms with Crippen LogP contribution in [0.25, 0.3) is 0 Å². The lowest BCUT2D eigenvalue weighted by atomic mass is 10.1. The van der Waals surface area contributed by atoms with Crippen LogP contribution in [0.4, 0.5) is 5.69 Å². The maximum atomic E-state index is 11.4. The van der Waals surface area contributed by atoms with E-state index in [2.05, 4.69) is 16.6 Å². The van der Waals surface area contributed by atoms with Crippen molar-refractivity contribution < 1.29 is 13.5 Å². The van der Waals surface area contributed by atoms with Crippen LogP contribution in [-0.2, 0) is 10.0 Å². The van der Waals surface area contributed by atoms with Crippen LogP contribution < -0.4 is 4.72 Å². The molecule has 0 aliphatic rings. The first-order valence-corrected chi connectivity index (χ1v) is 7.34. The van der Waals surface area contributed by atoms with Gasteiger partial charge in [-0.2, -0.15) is 0 Å². The summed E-state index contributed by atoms with van der Waals surface area (Å²) in [5.41, 5.74) is 2.28. The van der Waals surface area contributed by atoms with Crippen molar-refractivity contribution >= 4 is 15.7 Å². The zero-order valence-corrected chi connectivity index (χ0v) is 11.3. The molecule has 1 aromatic rings. The molecule has 0 radical (unpaired) electrons. The third-order valence-electron chi connectivity index (χ3n) is 2.34. The molecule has 0 aliphatic heterocycles. The number of aliphatic hydroxyl groups is 1. The zero-order valence-electron chi connectivity index (χ0n) is 10.5. The average Bonchev–Trinajstić information content (AvgIpc) is 2.32. The molecule has 1 aromatic carbocycles. The van der Waals surface area contributed by atoms with Gasteiger partial charge in [0.2, 0.25) is 10.0 Å². The Morgan fingerprint density at radius 3 is 2.67 bits per heavy atom. The van der Waals surface area contributed by atoms with Gasteiger partial charge in [-0.1, -0.05) is 11.8 Å². The fourth-order valence-corrected chi connectivity index (χ4v) is 1.96. The van der Waals surface area contributed by atoms with Crippen molar-refractivity contribution in [3.63, 3.8) is 0 Å². The zero-order chi connectivity index (χ0) is 13.6. The molecule has 0 aliphatic carbocycles. The molecule has 0 spiro atoms. The van der Waals surface area contributed by atoms with Crippen molar-refractivity contribution in [1.29, 1.82) is 0 Å². The van der Waals surface area contributed by atoms with Gasteiger partial charge in [-0.25, -0.2) is 8.42 Å². The minimum Gasteiger partial charge on any atom is -0.395 e. The van der Waals surface area contributed by atoms with E-state index in [-0.39, 0.29) is 12.4 Å². The monoisotopic (exact) mass is 267 g/mol. The summed E-state index contributed by atoms with van der Waals surface area (Å²) in [6.07, 6.45) is 0.434. The Labute approximate surface area is 108 Å². The summed E-state index contributed by atoms with van der Waals surface area (Å²) in [7, 11) is -3.24. The van der Waals surface area contributed by atoms with Gasteiger partial charge < -0.3 is 5.11 Å². The van der Waals surface area contributed by atoms with Gasteiger partial charge in [0.25, 0.3) is 0 Å². The molecule has 5 heteroatoms. The van der Waals surface area contributed by atoms with Crippen LogP contribution in [0.2, 0.25) is 0 Å². The fourth-order valence-electron chi connectivity index (χ4n) is 1.33. The second-order valence-electron chi connectivity index (χ2n) is 3.81. The third kappa shape index (κ3) is 4.40. The number of benzene rings is 1. The van der Waals surface area contributed by atoms with Crippen molar-refractivity contribution in [1.82, 2.24) is 0 Å². The summed E-state index contributed by atoms with van der Waals surface area (Å²) in [6.45, 7) is 3.50. The smallest absolute Gasteiger partial charge is 0.232 e. The highest BCUT2D eigenvalue weighted by molar-refractivity contribution is 7.92. The van der Waals surface area contributed by atoms with Gasteiger partial charge in [0.05, 0.1) is 12.4 Å². The van der Waals surface area contributed by atoms with E-state index in [4.69, 9.17) is 5.11 Å². The standard InChI is InChI=1S/C13H17NO3S/c1-3-18(16,17)14-13-8-7-12(11(2)10-13)6-4-5-9-15/h7-8,10,14-15H,3,5,9H2,1-2H3. The number of aliphatic hydroxyl groups excluding tert-OH is 1.